The Balaban J connectivity index is 0.000000178. The van der Waals surface area contributed by atoms with Gasteiger partial charge in [0.15, 0.2) is 0 Å². The van der Waals surface area contributed by atoms with Crippen molar-refractivity contribution in [1.29, 1.82) is 0 Å². The van der Waals surface area contributed by atoms with E-state index in [2.05, 4.69) is 108 Å². The van der Waals surface area contributed by atoms with E-state index in [0.29, 0.717) is 0 Å². The molecule has 0 heterocycles. The van der Waals surface area contributed by atoms with Crippen LogP contribution in [0.25, 0.3) is 10.8 Å². The van der Waals surface area contributed by atoms with Crippen molar-refractivity contribution in [2.45, 2.75) is 48.0 Å². The molecule has 1 aliphatic rings. The van der Waals surface area contributed by atoms with Crippen LogP contribution in [0.1, 0.15) is 45.9 Å². The second kappa shape index (κ2) is 10.4. The molecule has 0 aliphatic heterocycles. The fourth-order valence-corrected chi connectivity index (χ4v) is 3.56. The van der Waals surface area contributed by atoms with Crippen LogP contribution in [-0.2, 0) is 25.0 Å². The van der Waals surface area contributed by atoms with Crippen molar-refractivity contribution in [2.75, 3.05) is 0 Å². The summed E-state index contributed by atoms with van der Waals surface area (Å²) in [5.74, 6) is 0. The van der Waals surface area contributed by atoms with Gasteiger partial charge in [-0.15, -0.1) is 28.7 Å². The molecule has 0 saturated heterocycles. The second-order valence-electron chi connectivity index (χ2n) is 7.10. The average molecular weight is 566 g/mol. The van der Waals surface area contributed by atoms with Gasteiger partial charge in [0, 0.05) is 0 Å². The van der Waals surface area contributed by atoms with Gasteiger partial charge in [-0.1, -0.05) is 77.6 Å². The van der Waals surface area contributed by atoms with Crippen molar-refractivity contribution < 1.29 is 18.5 Å². The fraction of sp³-hybridized carbons (Fsp3) is 0.292. The van der Waals surface area contributed by atoms with Crippen LogP contribution in [0.4, 0.5) is 0 Å². The number of hydrogen-bond donors (Lipinski definition) is 0. The first-order valence-corrected chi connectivity index (χ1v) is 20.3. The predicted molar refractivity (Wildman–Crippen MR) is 123 cm³/mol. The molecule has 0 radical (unpaired) electrons. The maximum atomic E-state index is 3.46. The van der Waals surface area contributed by atoms with Gasteiger partial charge in [-0.2, -0.15) is 39.5 Å². The van der Waals surface area contributed by atoms with Crippen LogP contribution < -0.4 is 0 Å². The average Bonchev–Trinajstić information content (AvgIpc) is 3.13. The second-order valence-corrected chi connectivity index (χ2v) is 18.4. The monoisotopic (exact) mass is 562 g/mol. The van der Waals surface area contributed by atoms with Crippen LogP contribution in [0.15, 0.2) is 42.0 Å². The normalized spacial score (nSPS) is 11.6. The van der Waals surface area contributed by atoms with Crippen LogP contribution in [0, 0.1) is 40.7 Å². The zero-order chi connectivity index (χ0) is 20.1. The SMILES string of the molecule is CC1=[C-]c2c(ccc3ccccc23)C1.Cc1c(C)c(C)[c-](C)c1C.[Br][Zr+2][Br]. The quantitative estimate of drug-likeness (QED) is 0.242. The van der Waals surface area contributed by atoms with E-state index in [9.17, 15) is 0 Å². The number of halogens is 2. The van der Waals surface area contributed by atoms with E-state index in [4.69, 9.17) is 0 Å². The third kappa shape index (κ3) is 5.37. The molecule has 3 aromatic rings. The molecule has 0 nitrogen and oxygen atoms in total. The topological polar surface area (TPSA) is 0 Å². The Hall–Kier alpha value is -0.367. The zero-order valence-electron chi connectivity index (χ0n) is 16.9. The van der Waals surface area contributed by atoms with Crippen LogP contribution >= 0.6 is 24.4 Å². The third-order valence-corrected chi connectivity index (χ3v) is 5.62. The summed E-state index contributed by atoms with van der Waals surface area (Å²) in [7, 11) is 0. The molecule has 0 aromatic heterocycles. The van der Waals surface area contributed by atoms with Gasteiger partial charge in [-0.25, -0.2) is 0 Å². The van der Waals surface area contributed by atoms with E-state index in [1.165, 1.54) is 55.3 Å². The van der Waals surface area contributed by atoms with E-state index in [-0.39, 0.29) is 18.5 Å². The Morgan fingerprint density at radius 2 is 1.44 bits per heavy atom. The summed E-state index contributed by atoms with van der Waals surface area (Å²) in [5.41, 5.74) is 11.4. The molecule has 4 rings (SSSR count). The van der Waals surface area contributed by atoms with Gasteiger partial charge >= 0.3 is 43.0 Å². The van der Waals surface area contributed by atoms with Crippen LogP contribution in [-0.4, -0.2) is 0 Å². The molecule has 0 N–H and O–H groups in total. The van der Waals surface area contributed by atoms with E-state index >= 15 is 0 Å². The Labute approximate surface area is 187 Å². The third-order valence-electron chi connectivity index (χ3n) is 5.62. The van der Waals surface area contributed by atoms with Gasteiger partial charge < -0.3 is 0 Å². The van der Waals surface area contributed by atoms with Crippen molar-refractivity contribution in [1.82, 2.24) is 0 Å². The number of hydrogen-bond acceptors (Lipinski definition) is 0. The molecule has 0 saturated carbocycles. The Morgan fingerprint density at radius 1 is 0.889 bits per heavy atom. The molecule has 0 spiro atoms. The van der Waals surface area contributed by atoms with Gasteiger partial charge in [0.1, 0.15) is 0 Å². The van der Waals surface area contributed by atoms with Crippen molar-refractivity contribution in [3.05, 3.63) is 87.0 Å². The number of benzene rings is 2. The molecule has 1 aliphatic carbocycles. The Morgan fingerprint density at radius 3 is 1.96 bits per heavy atom. The van der Waals surface area contributed by atoms with E-state index < -0.39 is 0 Å². The summed E-state index contributed by atoms with van der Waals surface area (Å²) >= 11 is 6.32. The molecule has 0 bridgehead atoms. The molecular weight excluding hydrogens is 539 g/mol. The van der Waals surface area contributed by atoms with Gasteiger partial charge in [-0.3, -0.25) is 0 Å². The zero-order valence-corrected chi connectivity index (χ0v) is 22.6. The molecule has 140 valence electrons. The van der Waals surface area contributed by atoms with Crippen molar-refractivity contribution in [3.8, 4) is 0 Å². The van der Waals surface area contributed by atoms with Gasteiger partial charge in [-0.05, 0) is 0 Å². The summed E-state index contributed by atoms with van der Waals surface area (Å²) in [6.07, 6.45) is 4.53. The molecule has 0 unspecified atom stereocenters. The van der Waals surface area contributed by atoms with E-state index in [1.54, 1.807) is 0 Å². The minimum absolute atomic E-state index is 0.145. The van der Waals surface area contributed by atoms with Crippen molar-refractivity contribution in [3.63, 3.8) is 0 Å². The number of allylic oxidation sites excluding steroid dienone is 1. The summed E-state index contributed by atoms with van der Waals surface area (Å²) in [4.78, 5) is 0. The molecule has 0 fully saturated rings. The van der Waals surface area contributed by atoms with Crippen molar-refractivity contribution >= 4 is 35.2 Å². The first kappa shape index (κ1) is 22.9. The first-order chi connectivity index (χ1) is 12.8. The van der Waals surface area contributed by atoms with E-state index in [0.717, 1.165) is 6.42 Å². The Bertz CT molecular complexity index is 884. The van der Waals surface area contributed by atoms with E-state index in [1.807, 2.05) is 0 Å². The molecule has 3 aromatic carbocycles. The van der Waals surface area contributed by atoms with Crippen LogP contribution in [0.2, 0.25) is 0 Å². The standard InChI is InChI=1S/C14H11.C10H15.2BrH.Zr/c1-10-8-12-7-6-11-4-2-3-5-13(11)14(12)9-10;1-6-7(2)9(4)10(5)8(6)3;;;/h2-7H,8H2,1H3;1-5H3;2*1H;/q2*-1;;;+4/p-2. The summed E-state index contributed by atoms with van der Waals surface area (Å²) in [6, 6.07) is 12.9. The molecular formula is C24H26Br2Zr. The number of rotatable bonds is 0. The molecule has 0 atom stereocenters. The summed E-state index contributed by atoms with van der Waals surface area (Å²) in [6.45, 7) is 13.1. The molecule has 0 amide bonds. The van der Waals surface area contributed by atoms with Gasteiger partial charge in [0.05, 0.1) is 0 Å². The molecule has 27 heavy (non-hydrogen) atoms. The van der Waals surface area contributed by atoms with Gasteiger partial charge in [0.2, 0.25) is 0 Å². The fourth-order valence-electron chi connectivity index (χ4n) is 3.56. The molecule has 3 heteroatoms. The summed E-state index contributed by atoms with van der Waals surface area (Å²) < 4.78 is 0. The Kier molecular flexibility index (Phi) is 8.85. The van der Waals surface area contributed by atoms with Crippen molar-refractivity contribution in [2.24, 2.45) is 0 Å². The number of fused-ring (bicyclic) bond motifs is 3. The predicted octanol–water partition coefficient (Wildman–Crippen LogP) is 8.13. The first-order valence-electron chi connectivity index (χ1n) is 9.07. The minimum atomic E-state index is -0.145. The summed E-state index contributed by atoms with van der Waals surface area (Å²) in [5, 5.41) is 2.65. The van der Waals surface area contributed by atoms with Gasteiger partial charge in [0.25, 0.3) is 0 Å². The van der Waals surface area contributed by atoms with Crippen LogP contribution in [0.3, 0.4) is 0 Å². The maximum absolute atomic E-state index is 3.46. The van der Waals surface area contributed by atoms with Crippen LogP contribution in [0.5, 0.6) is 0 Å².